The van der Waals surface area contributed by atoms with Crippen LogP contribution in [0.4, 0.5) is 11.4 Å². The number of benzene rings is 2. The van der Waals surface area contributed by atoms with Crippen molar-refractivity contribution in [2.24, 2.45) is 0 Å². The van der Waals surface area contributed by atoms with E-state index in [0.29, 0.717) is 0 Å². The van der Waals surface area contributed by atoms with Gasteiger partial charge in [-0.1, -0.05) is 30.3 Å². The van der Waals surface area contributed by atoms with Gasteiger partial charge in [0, 0.05) is 50.1 Å². The molecule has 2 aliphatic heterocycles. The summed E-state index contributed by atoms with van der Waals surface area (Å²) in [7, 11) is 2.21. The average molecular weight is 308 g/mol. The molecule has 2 aromatic carbocycles. The van der Waals surface area contributed by atoms with Gasteiger partial charge in [0.05, 0.1) is 0 Å². The highest BCUT2D eigenvalue weighted by molar-refractivity contribution is 5.67. The van der Waals surface area contributed by atoms with Crippen LogP contribution in [0.15, 0.2) is 48.5 Å². The van der Waals surface area contributed by atoms with Crippen molar-refractivity contribution < 1.29 is 4.74 Å². The van der Waals surface area contributed by atoms with Crippen LogP contribution in [0.5, 0.6) is 0 Å². The van der Waals surface area contributed by atoms with E-state index in [1.165, 1.54) is 22.5 Å². The highest BCUT2D eigenvalue weighted by atomic mass is 16.5. The second kappa shape index (κ2) is 5.89. The zero-order valence-corrected chi connectivity index (χ0v) is 13.7. The Kier molecular flexibility index (Phi) is 3.74. The molecule has 2 heterocycles. The van der Waals surface area contributed by atoms with Crippen LogP contribution in [-0.2, 0) is 16.7 Å². The van der Waals surface area contributed by atoms with Crippen molar-refractivity contribution in [3.8, 4) is 0 Å². The third-order valence-electron chi connectivity index (χ3n) is 5.31. The zero-order valence-electron chi connectivity index (χ0n) is 13.7. The van der Waals surface area contributed by atoms with Gasteiger partial charge in [0.2, 0.25) is 0 Å². The Bertz CT molecular complexity index is 677. The van der Waals surface area contributed by atoms with Crippen LogP contribution in [0, 0.1) is 0 Å². The molecule has 1 saturated heterocycles. The maximum Gasteiger partial charge on any atom is 0.0475 e. The summed E-state index contributed by atoms with van der Waals surface area (Å²) in [5, 5.41) is 3.58. The predicted molar refractivity (Wildman–Crippen MR) is 95.2 cm³/mol. The molecule has 3 nitrogen and oxygen atoms in total. The summed E-state index contributed by atoms with van der Waals surface area (Å²) in [5.41, 5.74) is 5.70. The van der Waals surface area contributed by atoms with Crippen molar-refractivity contribution in [3.63, 3.8) is 0 Å². The first-order valence-electron chi connectivity index (χ1n) is 8.48. The van der Waals surface area contributed by atoms with Gasteiger partial charge in [-0.2, -0.15) is 0 Å². The van der Waals surface area contributed by atoms with E-state index in [4.69, 9.17) is 4.74 Å². The van der Waals surface area contributed by atoms with Gasteiger partial charge in [-0.25, -0.2) is 0 Å². The molecule has 0 radical (unpaired) electrons. The first-order chi connectivity index (χ1) is 11.3. The third kappa shape index (κ3) is 2.70. The van der Waals surface area contributed by atoms with Gasteiger partial charge >= 0.3 is 0 Å². The number of nitrogens with zero attached hydrogens (tertiary/aromatic N) is 1. The molecule has 0 amide bonds. The number of hydrogen-bond acceptors (Lipinski definition) is 3. The Morgan fingerprint density at radius 1 is 1.09 bits per heavy atom. The highest BCUT2D eigenvalue weighted by Crippen LogP contribution is 2.46. The first kappa shape index (κ1) is 14.6. The highest BCUT2D eigenvalue weighted by Gasteiger charge is 2.42. The van der Waals surface area contributed by atoms with Gasteiger partial charge in [-0.3, -0.25) is 0 Å². The molecule has 1 N–H and O–H groups in total. The van der Waals surface area contributed by atoms with E-state index >= 15 is 0 Å². The summed E-state index contributed by atoms with van der Waals surface area (Å²) in [6.45, 7) is 3.75. The monoisotopic (exact) mass is 308 g/mol. The topological polar surface area (TPSA) is 24.5 Å². The number of ether oxygens (including phenoxy) is 1. The van der Waals surface area contributed by atoms with E-state index < -0.39 is 0 Å². The fourth-order valence-electron chi connectivity index (χ4n) is 4.02. The fourth-order valence-corrected chi connectivity index (χ4v) is 4.02. The molecule has 23 heavy (non-hydrogen) atoms. The molecule has 2 aromatic rings. The van der Waals surface area contributed by atoms with Gasteiger partial charge in [-0.05, 0) is 42.2 Å². The molecule has 0 aliphatic carbocycles. The summed E-state index contributed by atoms with van der Waals surface area (Å²) in [6, 6.07) is 17.4. The molecule has 1 fully saturated rings. The van der Waals surface area contributed by atoms with Gasteiger partial charge < -0.3 is 15.0 Å². The molecular formula is C20H24N2O. The van der Waals surface area contributed by atoms with Crippen molar-refractivity contribution >= 4 is 11.4 Å². The van der Waals surface area contributed by atoms with Crippen LogP contribution in [0.25, 0.3) is 0 Å². The van der Waals surface area contributed by atoms with Crippen LogP contribution >= 0.6 is 0 Å². The van der Waals surface area contributed by atoms with E-state index in [0.717, 1.165) is 39.1 Å². The van der Waals surface area contributed by atoms with E-state index in [1.54, 1.807) is 0 Å². The van der Waals surface area contributed by atoms with Crippen molar-refractivity contribution in [2.45, 2.75) is 24.8 Å². The Balaban J connectivity index is 1.58. The van der Waals surface area contributed by atoms with Crippen molar-refractivity contribution in [2.75, 3.05) is 37.0 Å². The molecule has 0 unspecified atom stereocenters. The van der Waals surface area contributed by atoms with E-state index in [9.17, 15) is 0 Å². The Hall–Kier alpha value is -2.00. The summed E-state index contributed by atoms with van der Waals surface area (Å²) in [6.07, 6.45) is 2.26. The molecule has 0 atom stereocenters. The predicted octanol–water partition coefficient (Wildman–Crippen LogP) is 3.80. The molecule has 120 valence electrons. The van der Waals surface area contributed by atoms with Crippen LogP contribution in [-0.4, -0.2) is 26.8 Å². The first-order valence-corrected chi connectivity index (χ1v) is 8.48. The number of fused-ring (bicyclic) bond motifs is 2. The van der Waals surface area contributed by atoms with Crippen molar-refractivity contribution in [1.29, 1.82) is 0 Å². The van der Waals surface area contributed by atoms with Gasteiger partial charge in [-0.15, -0.1) is 0 Å². The largest absolute Gasteiger partial charge is 0.381 e. The summed E-state index contributed by atoms with van der Waals surface area (Å²) in [5.74, 6) is 0. The molecule has 1 spiro atoms. The molecule has 2 aliphatic rings. The molecular weight excluding hydrogens is 284 g/mol. The van der Waals surface area contributed by atoms with Crippen molar-refractivity contribution in [1.82, 2.24) is 0 Å². The normalized spacial score (nSPS) is 18.9. The lowest BCUT2D eigenvalue weighted by atomic mass is 9.76. The minimum absolute atomic E-state index is 0.284. The lowest BCUT2D eigenvalue weighted by Gasteiger charge is -2.34. The summed E-state index contributed by atoms with van der Waals surface area (Å²) < 4.78 is 5.61. The Labute approximate surface area is 138 Å². The quantitative estimate of drug-likeness (QED) is 0.933. The minimum atomic E-state index is 0.284. The maximum absolute atomic E-state index is 5.61. The Morgan fingerprint density at radius 2 is 1.87 bits per heavy atom. The smallest absolute Gasteiger partial charge is 0.0475 e. The minimum Gasteiger partial charge on any atom is -0.381 e. The molecule has 3 heteroatoms. The molecule has 0 aromatic heterocycles. The van der Waals surface area contributed by atoms with E-state index in [-0.39, 0.29) is 5.41 Å². The Morgan fingerprint density at radius 3 is 2.65 bits per heavy atom. The number of rotatable bonds is 3. The standard InChI is InChI=1S/C20H24N2O/c1-22-15-20(9-11-23-12-10-20)18-13-17(7-8-19(18)22)21-14-16-5-3-2-4-6-16/h2-8,13,21H,9-12,14-15H2,1H3. The van der Waals surface area contributed by atoms with E-state index in [2.05, 4.69) is 65.8 Å². The second-order valence-corrected chi connectivity index (χ2v) is 6.82. The fraction of sp³-hybridized carbons (Fsp3) is 0.400. The van der Waals surface area contributed by atoms with Crippen molar-refractivity contribution in [3.05, 3.63) is 59.7 Å². The number of likely N-dealkylation sites (N-methyl/N-ethyl adjacent to an activating group) is 1. The average Bonchev–Trinajstić information content (AvgIpc) is 2.86. The van der Waals surface area contributed by atoms with Crippen LogP contribution in [0.1, 0.15) is 24.0 Å². The SMILES string of the molecule is CN1CC2(CCOCC2)c2cc(NCc3ccccc3)ccc21. The summed E-state index contributed by atoms with van der Waals surface area (Å²) >= 11 is 0. The molecule has 4 rings (SSSR count). The van der Waals surface area contributed by atoms with Crippen LogP contribution in [0.2, 0.25) is 0 Å². The van der Waals surface area contributed by atoms with Gasteiger partial charge in [0.15, 0.2) is 0 Å². The lowest BCUT2D eigenvalue weighted by Crippen LogP contribution is -2.37. The van der Waals surface area contributed by atoms with Gasteiger partial charge in [0.25, 0.3) is 0 Å². The maximum atomic E-state index is 5.61. The lowest BCUT2D eigenvalue weighted by molar-refractivity contribution is 0.0556. The number of hydrogen-bond donors (Lipinski definition) is 1. The molecule has 0 saturated carbocycles. The second-order valence-electron chi connectivity index (χ2n) is 6.82. The third-order valence-corrected chi connectivity index (χ3v) is 5.31. The van der Waals surface area contributed by atoms with Crippen LogP contribution < -0.4 is 10.2 Å². The van der Waals surface area contributed by atoms with Crippen LogP contribution in [0.3, 0.4) is 0 Å². The van der Waals surface area contributed by atoms with Gasteiger partial charge in [0.1, 0.15) is 0 Å². The zero-order chi connectivity index (χ0) is 15.7. The molecule has 0 bridgehead atoms. The summed E-state index contributed by atoms with van der Waals surface area (Å²) in [4.78, 5) is 2.40. The number of anilines is 2. The van der Waals surface area contributed by atoms with E-state index in [1.807, 2.05) is 0 Å². The number of nitrogens with one attached hydrogen (secondary N) is 1.